The maximum Gasteiger partial charge on any atom is 0.294 e. The Labute approximate surface area is 163 Å². The molecule has 0 atom stereocenters. The van der Waals surface area contributed by atoms with Gasteiger partial charge in [-0.1, -0.05) is 12.7 Å². The lowest BCUT2D eigenvalue weighted by Crippen LogP contribution is -2.36. The number of hydrogen-bond acceptors (Lipinski definition) is 6. The second-order valence-electron chi connectivity index (χ2n) is 5.10. The molecule has 0 bridgehead atoms. The van der Waals surface area contributed by atoms with Gasteiger partial charge in [0.2, 0.25) is 5.91 Å². The summed E-state index contributed by atoms with van der Waals surface area (Å²) >= 11 is 4.17. The number of ether oxygens (including phenoxy) is 2. The molecule has 9 heteroatoms. The predicted octanol–water partition coefficient (Wildman–Crippen LogP) is 2.93. The Balaban J connectivity index is 2.35. The van der Waals surface area contributed by atoms with Crippen LogP contribution in [0.1, 0.15) is 12.5 Å². The van der Waals surface area contributed by atoms with Crippen LogP contribution in [0.5, 0.6) is 11.5 Å². The highest BCUT2D eigenvalue weighted by Gasteiger charge is 2.35. The number of carbonyl (C=O) groups excluding carboxylic acids is 3. The highest BCUT2D eigenvalue weighted by atomic mass is 79.9. The van der Waals surface area contributed by atoms with Gasteiger partial charge in [0.1, 0.15) is 13.2 Å². The molecule has 7 nitrogen and oxygen atoms in total. The molecular weight excluding hydrogens is 424 g/mol. The molecular formula is C17H17BrN2O5S. The van der Waals surface area contributed by atoms with E-state index < -0.39 is 23.6 Å². The zero-order valence-corrected chi connectivity index (χ0v) is 16.4. The molecule has 0 unspecified atom stereocenters. The van der Waals surface area contributed by atoms with Crippen LogP contribution in [0.2, 0.25) is 0 Å². The van der Waals surface area contributed by atoms with E-state index in [4.69, 9.17) is 15.2 Å². The maximum atomic E-state index is 12.3. The molecule has 2 N–H and O–H groups in total. The Morgan fingerprint density at radius 1 is 1.38 bits per heavy atom. The molecule has 2 rings (SSSR count). The molecule has 138 valence electrons. The zero-order chi connectivity index (χ0) is 19.3. The Morgan fingerprint density at radius 2 is 2.12 bits per heavy atom. The van der Waals surface area contributed by atoms with E-state index in [0.717, 1.165) is 16.7 Å². The molecule has 1 fully saturated rings. The number of benzene rings is 1. The topological polar surface area (TPSA) is 98.9 Å². The van der Waals surface area contributed by atoms with E-state index in [-0.39, 0.29) is 4.91 Å². The van der Waals surface area contributed by atoms with Crippen molar-refractivity contribution in [3.05, 3.63) is 39.7 Å². The number of imide groups is 1. The molecule has 1 aliphatic heterocycles. The van der Waals surface area contributed by atoms with E-state index in [9.17, 15) is 14.4 Å². The number of amides is 3. The number of nitrogens with two attached hydrogens (primary N) is 1. The monoisotopic (exact) mass is 440 g/mol. The summed E-state index contributed by atoms with van der Waals surface area (Å²) in [5, 5.41) is -0.532. The number of carbonyl (C=O) groups is 3. The first-order valence-corrected chi connectivity index (χ1v) is 9.22. The zero-order valence-electron chi connectivity index (χ0n) is 14.0. The van der Waals surface area contributed by atoms with Gasteiger partial charge in [0.15, 0.2) is 11.5 Å². The molecule has 0 aromatic heterocycles. The maximum absolute atomic E-state index is 12.3. The predicted molar refractivity (Wildman–Crippen MR) is 103 cm³/mol. The van der Waals surface area contributed by atoms with Crippen LogP contribution in [0.25, 0.3) is 6.08 Å². The van der Waals surface area contributed by atoms with Crippen LogP contribution in [0.3, 0.4) is 0 Å². The minimum Gasteiger partial charge on any atom is -0.490 e. The van der Waals surface area contributed by atoms with Crippen LogP contribution >= 0.6 is 27.7 Å². The molecule has 1 aromatic carbocycles. The Kier molecular flexibility index (Phi) is 6.87. The molecule has 1 aromatic rings. The third-order valence-electron chi connectivity index (χ3n) is 3.16. The summed E-state index contributed by atoms with van der Waals surface area (Å²) in [5.74, 6) is -0.296. The lowest BCUT2D eigenvalue weighted by molar-refractivity contribution is -0.127. The van der Waals surface area contributed by atoms with Gasteiger partial charge in [0.25, 0.3) is 11.1 Å². The standard InChI is InChI=1S/C17H17BrN2O5S/c1-3-5-25-15-11(18)6-10(7-12(15)24-4-2)8-13-16(22)20(9-14(19)21)17(23)26-13/h3,6-8H,1,4-5,9H2,2H3,(H2,19,21)/b13-8-. The van der Waals surface area contributed by atoms with Gasteiger partial charge in [-0.25, -0.2) is 0 Å². The fourth-order valence-corrected chi connectivity index (χ4v) is 3.57. The number of thioether (sulfide) groups is 1. The third kappa shape index (κ3) is 4.67. The third-order valence-corrected chi connectivity index (χ3v) is 4.66. The van der Waals surface area contributed by atoms with Crippen molar-refractivity contribution >= 4 is 50.8 Å². The molecule has 0 radical (unpaired) electrons. The van der Waals surface area contributed by atoms with Gasteiger partial charge in [-0.3, -0.25) is 19.3 Å². The highest BCUT2D eigenvalue weighted by Crippen LogP contribution is 2.39. The number of hydrogen-bond donors (Lipinski definition) is 1. The van der Waals surface area contributed by atoms with Crippen molar-refractivity contribution in [2.24, 2.45) is 5.73 Å². The molecule has 26 heavy (non-hydrogen) atoms. The Bertz CT molecular complexity index is 794. The van der Waals surface area contributed by atoms with Gasteiger partial charge in [0, 0.05) is 0 Å². The van der Waals surface area contributed by atoms with Crippen LogP contribution < -0.4 is 15.2 Å². The van der Waals surface area contributed by atoms with Crippen LogP contribution in [0, 0.1) is 0 Å². The van der Waals surface area contributed by atoms with E-state index in [1.54, 1.807) is 24.3 Å². The SMILES string of the molecule is C=CCOc1c(Br)cc(/C=C2\SC(=O)N(CC(N)=O)C2=O)cc1OCC. The minimum absolute atomic E-state index is 0.199. The van der Waals surface area contributed by atoms with Gasteiger partial charge in [-0.05, 0) is 58.4 Å². The molecule has 0 aliphatic carbocycles. The van der Waals surface area contributed by atoms with E-state index in [0.29, 0.717) is 34.7 Å². The van der Waals surface area contributed by atoms with Gasteiger partial charge < -0.3 is 15.2 Å². The fourth-order valence-electron chi connectivity index (χ4n) is 2.16. The minimum atomic E-state index is -0.751. The molecule has 3 amide bonds. The average Bonchev–Trinajstić information content (AvgIpc) is 2.81. The Morgan fingerprint density at radius 3 is 2.73 bits per heavy atom. The quantitative estimate of drug-likeness (QED) is 0.492. The van der Waals surface area contributed by atoms with Crippen LogP contribution in [0.4, 0.5) is 4.79 Å². The van der Waals surface area contributed by atoms with Gasteiger partial charge in [0.05, 0.1) is 16.0 Å². The van der Waals surface area contributed by atoms with Crippen molar-refractivity contribution in [1.82, 2.24) is 4.90 Å². The molecule has 0 spiro atoms. The fraction of sp³-hybridized carbons (Fsp3) is 0.235. The van der Waals surface area contributed by atoms with Crippen LogP contribution in [0.15, 0.2) is 34.2 Å². The molecule has 1 aliphatic rings. The summed E-state index contributed by atoms with van der Waals surface area (Å²) < 4.78 is 11.8. The molecule has 1 saturated heterocycles. The normalized spacial score (nSPS) is 15.5. The van der Waals surface area contributed by atoms with E-state index in [1.807, 2.05) is 6.92 Å². The van der Waals surface area contributed by atoms with Crippen LogP contribution in [-0.4, -0.2) is 41.7 Å². The summed E-state index contributed by atoms with van der Waals surface area (Å²) in [6, 6.07) is 3.44. The average molecular weight is 441 g/mol. The van der Waals surface area contributed by atoms with Crippen LogP contribution in [-0.2, 0) is 9.59 Å². The first-order valence-electron chi connectivity index (χ1n) is 7.61. The lowest BCUT2D eigenvalue weighted by atomic mass is 10.2. The summed E-state index contributed by atoms with van der Waals surface area (Å²) in [6.45, 7) is 5.75. The Hall–Kier alpha value is -2.26. The van der Waals surface area contributed by atoms with Gasteiger partial charge in [-0.15, -0.1) is 0 Å². The second kappa shape index (κ2) is 8.91. The number of halogens is 1. The smallest absolute Gasteiger partial charge is 0.294 e. The first-order chi connectivity index (χ1) is 12.4. The number of nitrogens with zero attached hydrogens (tertiary/aromatic N) is 1. The van der Waals surface area contributed by atoms with Crippen molar-refractivity contribution in [3.63, 3.8) is 0 Å². The van der Waals surface area contributed by atoms with E-state index >= 15 is 0 Å². The van der Waals surface area contributed by atoms with Gasteiger partial charge >= 0.3 is 0 Å². The summed E-state index contributed by atoms with van der Waals surface area (Å²) in [4.78, 5) is 36.2. The van der Waals surface area contributed by atoms with Crippen molar-refractivity contribution in [2.45, 2.75) is 6.92 Å². The van der Waals surface area contributed by atoms with Crippen molar-refractivity contribution in [1.29, 1.82) is 0 Å². The van der Waals surface area contributed by atoms with Crippen molar-refractivity contribution in [2.75, 3.05) is 19.8 Å². The largest absolute Gasteiger partial charge is 0.490 e. The first kappa shape index (κ1) is 20.1. The number of rotatable bonds is 8. The number of primary amides is 1. The van der Waals surface area contributed by atoms with Gasteiger partial charge in [-0.2, -0.15) is 0 Å². The summed E-state index contributed by atoms with van der Waals surface area (Å²) in [6.07, 6.45) is 3.17. The van der Waals surface area contributed by atoms with Crippen molar-refractivity contribution < 1.29 is 23.9 Å². The second-order valence-corrected chi connectivity index (χ2v) is 6.94. The van der Waals surface area contributed by atoms with E-state index in [2.05, 4.69) is 22.5 Å². The highest BCUT2D eigenvalue weighted by molar-refractivity contribution is 9.10. The molecule has 1 heterocycles. The molecule has 0 saturated carbocycles. The van der Waals surface area contributed by atoms with E-state index in [1.165, 1.54) is 0 Å². The summed E-state index contributed by atoms with van der Waals surface area (Å²) in [5.41, 5.74) is 5.70. The van der Waals surface area contributed by atoms with Crippen molar-refractivity contribution in [3.8, 4) is 11.5 Å². The summed E-state index contributed by atoms with van der Waals surface area (Å²) in [7, 11) is 0. The lowest BCUT2D eigenvalue weighted by Gasteiger charge is -2.14.